The lowest BCUT2D eigenvalue weighted by Gasteiger charge is -2.14. The zero-order chi connectivity index (χ0) is 21.9. The molecule has 0 spiro atoms. The molecule has 0 heterocycles. The molecule has 0 unspecified atom stereocenters. The number of aromatic hydroxyl groups is 1. The van der Waals surface area contributed by atoms with Gasteiger partial charge in [0.05, 0.1) is 23.4 Å². The Labute approximate surface area is 176 Å². The summed E-state index contributed by atoms with van der Waals surface area (Å²) in [5.74, 6) is 0.406. The number of hydrogen-bond acceptors (Lipinski definition) is 5. The van der Waals surface area contributed by atoms with E-state index >= 15 is 0 Å². The Morgan fingerprint density at radius 2 is 1.60 bits per heavy atom. The predicted octanol–water partition coefficient (Wildman–Crippen LogP) is 4.88. The Balaban J connectivity index is 1.78. The molecule has 0 bridgehead atoms. The van der Waals surface area contributed by atoms with E-state index in [0.29, 0.717) is 22.7 Å². The molecule has 30 heavy (non-hydrogen) atoms. The Bertz CT molecular complexity index is 1180. The second-order valence-corrected chi connectivity index (χ2v) is 8.75. The molecule has 156 valence electrons. The van der Waals surface area contributed by atoms with E-state index in [-0.39, 0.29) is 10.6 Å². The SMILES string of the molecule is COc1ccc(C=Nc2ccc(S(=O)(=O)Nc3c(C)cc(C)cc3C)cc2)cc1O. The van der Waals surface area contributed by atoms with Gasteiger partial charge in [-0.1, -0.05) is 17.7 Å². The smallest absolute Gasteiger partial charge is 0.261 e. The lowest BCUT2D eigenvalue weighted by molar-refractivity contribution is 0.373. The number of phenolic OH excluding ortho intramolecular Hbond substituents is 1. The third-order valence-corrected chi connectivity index (χ3v) is 5.99. The van der Waals surface area contributed by atoms with E-state index in [1.165, 1.54) is 25.3 Å². The normalized spacial score (nSPS) is 11.6. The molecule has 0 aliphatic rings. The highest BCUT2D eigenvalue weighted by atomic mass is 32.2. The van der Waals surface area contributed by atoms with Crippen molar-refractivity contribution >= 4 is 27.6 Å². The number of ether oxygens (including phenoxy) is 1. The highest BCUT2D eigenvalue weighted by molar-refractivity contribution is 7.92. The fraction of sp³-hybridized carbons (Fsp3) is 0.174. The number of nitrogens with one attached hydrogen (secondary N) is 1. The summed E-state index contributed by atoms with van der Waals surface area (Å²) in [4.78, 5) is 4.48. The summed E-state index contributed by atoms with van der Waals surface area (Å²) < 4.78 is 33.3. The van der Waals surface area contributed by atoms with Gasteiger partial charge >= 0.3 is 0 Å². The number of anilines is 1. The minimum Gasteiger partial charge on any atom is -0.504 e. The number of methoxy groups -OCH3 is 1. The fourth-order valence-corrected chi connectivity index (χ4v) is 4.38. The molecule has 6 nitrogen and oxygen atoms in total. The van der Waals surface area contributed by atoms with Crippen molar-refractivity contribution in [3.05, 3.63) is 76.9 Å². The largest absolute Gasteiger partial charge is 0.504 e. The summed E-state index contributed by atoms with van der Waals surface area (Å²) in [6.45, 7) is 5.74. The van der Waals surface area contributed by atoms with Crippen LogP contribution in [0.1, 0.15) is 22.3 Å². The van der Waals surface area contributed by atoms with Gasteiger partial charge in [0.15, 0.2) is 11.5 Å². The minimum atomic E-state index is -3.72. The molecule has 0 aromatic heterocycles. The monoisotopic (exact) mass is 424 g/mol. The molecule has 0 aliphatic heterocycles. The first-order valence-electron chi connectivity index (χ1n) is 9.31. The third-order valence-electron chi connectivity index (χ3n) is 4.63. The summed E-state index contributed by atoms with van der Waals surface area (Å²) in [6.07, 6.45) is 1.58. The van der Waals surface area contributed by atoms with Gasteiger partial charge < -0.3 is 9.84 Å². The van der Waals surface area contributed by atoms with Gasteiger partial charge in [-0.15, -0.1) is 0 Å². The standard InChI is InChI=1S/C23H24N2O4S/c1-15-11-16(2)23(17(3)12-15)25-30(27,28)20-8-6-19(7-9-20)24-14-18-5-10-22(29-4)21(26)13-18/h5-14,25-26H,1-4H3. The molecule has 3 aromatic rings. The summed E-state index contributed by atoms with van der Waals surface area (Å²) in [7, 11) is -2.24. The maximum Gasteiger partial charge on any atom is 0.261 e. The number of phenols is 1. The molecule has 0 atom stereocenters. The van der Waals surface area contributed by atoms with Gasteiger partial charge in [-0.05, 0) is 79.9 Å². The number of sulfonamides is 1. The maximum absolute atomic E-state index is 12.8. The van der Waals surface area contributed by atoms with Gasteiger partial charge in [-0.2, -0.15) is 0 Å². The molecular weight excluding hydrogens is 400 g/mol. The third kappa shape index (κ3) is 4.80. The first-order valence-corrected chi connectivity index (χ1v) is 10.8. The van der Waals surface area contributed by atoms with Crippen LogP contribution in [0.15, 0.2) is 64.5 Å². The van der Waals surface area contributed by atoms with Gasteiger partial charge in [-0.25, -0.2) is 8.42 Å². The van der Waals surface area contributed by atoms with Crippen LogP contribution in [0.4, 0.5) is 11.4 Å². The van der Waals surface area contributed by atoms with Crippen LogP contribution < -0.4 is 9.46 Å². The van der Waals surface area contributed by atoms with Crippen LogP contribution in [-0.2, 0) is 10.0 Å². The highest BCUT2D eigenvalue weighted by Gasteiger charge is 2.16. The van der Waals surface area contributed by atoms with E-state index < -0.39 is 10.0 Å². The van der Waals surface area contributed by atoms with Crippen molar-refractivity contribution in [2.75, 3.05) is 11.8 Å². The molecular formula is C23H24N2O4S. The van der Waals surface area contributed by atoms with Crippen molar-refractivity contribution < 1.29 is 18.3 Å². The van der Waals surface area contributed by atoms with Crippen LogP contribution in [0.5, 0.6) is 11.5 Å². The van der Waals surface area contributed by atoms with Crippen LogP contribution >= 0.6 is 0 Å². The zero-order valence-corrected chi connectivity index (χ0v) is 18.1. The lowest BCUT2D eigenvalue weighted by atomic mass is 10.1. The molecule has 0 radical (unpaired) electrons. The number of hydrogen-bond donors (Lipinski definition) is 2. The number of benzene rings is 3. The van der Waals surface area contributed by atoms with Crippen molar-refractivity contribution in [3.8, 4) is 11.5 Å². The van der Waals surface area contributed by atoms with Crippen molar-refractivity contribution in [2.24, 2.45) is 4.99 Å². The Morgan fingerprint density at radius 1 is 0.967 bits per heavy atom. The molecule has 0 fully saturated rings. The van der Waals surface area contributed by atoms with Crippen LogP contribution in [0.25, 0.3) is 0 Å². The van der Waals surface area contributed by atoms with Crippen LogP contribution in [0, 0.1) is 20.8 Å². The Hall–Kier alpha value is -3.32. The highest BCUT2D eigenvalue weighted by Crippen LogP contribution is 2.27. The fourth-order valence-electron chi connectivity index (χ4n) is 3.18. The molecule has 3 rings (SSSR count). The van der Waals surface area contributed by atoms with Gasteiger partial charge in [0.1, 0.15) is 0 Å². The van der Waals surface area contributed by atoms with E-state index in [1.807, 2.05) is 32.9 Å². The predicted molar refractivity (Wildman–Crippen MR) is 120 cm³/mol. The van der Waals surface area contributed by atoms with Gasteiger partial charge in [-0.3, -0.25) is 9.71 Å². The average Bonchev–Trinajstić information content (AvgIpc) is 2.69. The number of rotatable bonds is 6. The summed E-state index contributed by atoms with van der Waals surface area (Å²) in [5.41, 5.74) is 4.71. The molecule has 0 amide bonds. The summed E-state index contributed by atoms with van der Waals surface area (Å²) >= 11 is 0. The van der Waals surface area contributed by atoms with Crippen LogP contribution in [0.3, 0.4) is 0 Å². The molecule has 0 saturated heterocycles. The van der Waals surface area contributed by atoms with E-state index in [4.69, 9.17) is 4.74 Å². The first kappa shape index (κ1) is 21.4. The summed E-state index contributed by atoms with van der Waals surface area (Å²) in [5, 5.41) is 9.83. The Morgan fingerprint density at radius 3 is 2.17 bits per heavy atom. The van der Waals surface area contributed by atoms with E-state index in [9.17, 15) is 13.5 Å². The minimum absolute atomic E-state index is 0.0238. The van der Waals surface area contributed by atoms with Crippen molar-refractivity contribution in [1.29, 1.82) is 0 Å². The molecule has 2 N–H and O–H groups in total. The van der Waals surface area contributed by atoms with E-state index in [0.717, 1.165) is 16.7 Å². The van der Waals surface area contributed by atoms with Crippen molar-refractivity contribution in [2.45, 2.75) is 25.7 Å². The second kappa shape index (κ2) is 8.59. The van der Waals surface area contributed by atoms with Gasteiger partial charge in [0.2, 0.25) is 0 Å². The van der Waals surface area contributed by atoms with Crippen molar-refractivity contribution in [3.63, 3.8) is 0 Å². The van der Waals surface area contributed by atoms with E-state index in [2.05, 4.69) is 9.71 Å². The number of nitrogens with zero attached hydrogens (tertiary/aromatic N) is 1. The van der Waals surface area contributed by atoms with Gasteiger partial charge in [0, 0.05) is 6.21 Å². The second-order valence-electron chi connectivity index (χ2n) is 7.06. The first-order chi connectivity index (χ1) is 14.2. The summed E-state index contributed by atoms with van der Waals surface area (Å²) in [6, 6.07) is 15.1. The van der Waals surface area contributed by atoms with Crippen molar-refractivity contribution in [1.82, 2.24) is 0 Å². The lowest BCUT2D eigenvalue weighted by Crippen LogP contribution is -2.14. The number of aliphatic imine (C=N–C) groups is 1. The van der Waals surface area contributed by atoms with E-state index in [1.54, 1.807) is 30.5 Å². The Kier molecular flexibility index (Phi) is 6.12. The molecule has 3 aromatic carbocycles. The van der Waals surface area contributed by atoms with Gasteiger partial charge in [0.25, 0.3) is 10.0 Å². The molecule has 0 saturated carbocycles. The number of aryl methyl sites for hydroxylation is 3. The van der Waals surface area contributed by atoms with Crippen LogP contribution in [-0.4, -0.2) is 26.8 Å². The quantitative estimate of drug-likeness (QED) is 0.552. The molecule has 0 aliphatic carbocycles. The average molecular weight is 425 g/mol. The maximum atomic E-state index is 12.8. The van der Waals surface area contributed by atoms with Crippen LogP contribution in [0.2, 0.25) is 0 Å². The zero-order valence-electron chi connectivity index (χ0n) is 17.3. The molecule has 7 heteroatoms. The topological polar surface area (TPSA) is 88.0 Å².